The summed E-state index contributed by atoms with van der Waals surface area (Å²) in [5.41, 5.74) is -0.311. The second kappa shape index (κ2) is 9.75. The molecule has 0 aliphatic heterocycles. The van der Waals surface area contributed by atoms with Crippen molar-refractivity contribution in [3.8, 4) is 0 Å². The largest absolute Gasteiger partial charge is 0.355 e. The molecule has 0 saturated heterocycles. The minimum absolute atomic E-state index is 0.0607. The molecule has 0 aromatic heterocycles. The highest BCUT2D eigenvalue weighted by atomic mass is 35.5. The Bertz CT molecular complexity index is 744. The Morgan fingerprint density at radius 3 is 2.46 bits per heavy atom. The van der Waals surface area contributed by atoms with Gasteiger partial charge in [0, 0.05) is 30.7 Å². The van der Waals surface area contributed by atoms with Crippen LogP contribution in [0.5, 0.6) is 0 Å². The van der Waals surface area contributed by atoms with Gasteiger partial charge in [-0.05, 0) is 39.0 Å². The molecule has 0 bridgehead atoms. The molecular weight excluding hydrogens is 378 g/mol. The first-order chi connectivity index (χ1) is 12.0. The van der Waals surface area contributed by atoms with E-state index in [1.54, 1.807) is 19.2 Å². The topological polar surface area (TPSA) is 112 Å². The summed E-state index contributed by atoms with van der Waals surface area (Å²) in [5, 5.41) is 8.96. The van der Waals surface area contributed by atoms with E-state index in [2.05, 4.69) is 25.7 Å². The van der Waals surface area contributed by atoms with Crippen molar-refractivity contribution < 1.29 is 13.2 Å². The lowest BCUT2D eigenvalue weighted by atomic mass is 10.1. The number of nitrogens with one attached hydrogen (secondary N) is 4. The Balaban J connectivity index is 2.40. The van der Waals surface area contributed by atoms with E-state index in [1.165, 1.54) is 12.1 Å². The molecule has 0 atom stereocenters. The Hall–Kier alpha value is -1.84. The Kier molecular flexibility index (Phi) is 8.32. The quantitative estimate of drug-likeness (QED) is 0.304. The number of aliphatic imine (C=N–C) groups is 1. The van der Waals surface area contributed by atoms with Crippen LogP contribution in [0.4, 0.5) is 0 Å². The van der Waals surface area contributed by atoms with Crippen LogP contribution in [-0.2, 0) is 14.8 Å². The first-order valence-corrected chi connectivity index (χ1v) is 9.90. The molecule has 0 aliphatic carbocycles. The van der Waals surface area contributed by atoms with Gasteiger partial charge in [-0.1, -0.05) is 17.7 Å². The van der Waals surface area contributed by atoms with E-state index in [9.17, 15) is 13.2 Å². The number of nitrogens with zero attached hydrogens (tertiary/aromatic N) is 1. The van der Waals surface area contributed by atoms with Gasteiger partial charge in [-0.3, -0.25) is 9.79 Å². The summed E-state index contributed by atoms with van der Waals surface area (Å²) >= 11 is 5.81. The van der Waals surface area contributed by atoms with Gasteiger partial charge in [0.2, 0.25) is 15.9 Å². The highest BCUT2D eigenvalue weighted by molar-refractivity contribution is 7.89. The number of hydrogen-bond acceptors (Lipinski definition) is 4. The standard InChI is InChI=1S/C16H26ClN5O3S/c1-16(2,3)22-14(23)11-20-15(18-4)19-8-9-21-26(24,25)13-7-5-6-12(17)10-13/h5-7,10,21H,8-9,11H2,1-4H3,(H,22,23)(H2,18,19,20). The maximum Gasteiger partial charge on any atom is 0.240 e. The predicted molar refractivity (Wildman–Crippen MR) is 104 cm³/mol. The van der Waals surface area contributed by atoms with E-state index in [0.29, 0.717) is 17.5 Å². The summed E-state index contributed by atoms with van der Waals surface area (Å²) in [6.07, 6.45) is 0. The maximum absolute atomic E-state index is 12.2. The number of sulfonamides is 1. The van der Waals surface area contributed by atoms with Crippen molar-refractivity contribution in [3.63, 3.8) is 0 Å². The van der Waals surface area contributed by atoms with Gasteiger partial charge < -0.3 is 16.0 Å². The summed E-state index contributed by atoms with van der Waals surface area (Å²) in [7, 11) is -2.07. The first kappa shape index (κ1) is 22.2. The van der Waals surface area contributed by atoms with Crippen molar-refractivity contribution in [2.45, 2.75) is 31.2 Å². The van der Waals surface area contributed by atoms with Crippen LogP contribution >= 0.6 is 11.6 Å². The number of amides is 1. The lowest BCUT2D eigenvalue weighted by Gasteiger charge is -2.21. The van der Waals surface area contributed by atoms with Crippen LogP contribution in [0.3, 0.4) is 0 Å². The minimum atomic E-state index is -3.63. The lowest BCUT2D eigenvalue weighted by molar-refractivity contribution is -0.121. The number of hydrogen-bond donors (Lipinski definition) is 4. The third-order valence-electron chi connectivity index (χ3n) is 2.97. The van der Waals surface area contributed by atoms with E-state index in [0.717, 1.165) is 0 Å². The summed E-state index contributed by atoms with van der Waals surface area (Å²) < 4.78 is 26.8. The van der Waals surface area contributed by atoms with Crippen molar-refractivity contribution in [2.24, 2.45) is 4.99 Å². The monoisotopic (exact) mass is 403 g/mol. The molecule has 0 fully saturated rings. The fourth-order valence-corrected chi connectivity index (χ4v) is 3.26. The second-order valence-electron chi connectivity index (χ2n) is 6.51. The number of guanidine groups is 1. The highest BCUT2D eigenvalue weighted by Crippen LogP contribution is 2.14. The molecule has 1 amide bonds. The molecule has 0 spiro atoms. The van der Waals surface area contributed by atoms with Gasteiger partial charge in [-0.15, -0.1) is 0 Å². The number of carbonyl (C=O) groups is 1. The number of benzene rings is 1. The molecule has 10 heteroatoms. The summed E-state index contributed by atoms with van der Waals surface area (Å²) in [6, 6.07) is 6.03. The summed E-state index contributed by atoms with van der Waals surface area (Å²) in [4.78, 5) is 15.8. The van der Waals surface area contributed by atoms with Gasteiger partial charge in [0.25, 0.3) is 0 Å². The van der Waals surface area contributed by atoms with Crippen LogP contribution in [0.2, 0.25) is 5.02 Å². The molecule has 1 rings (SSSR count). The molecule has 146 valence electrons. The number of rotatable bonds is 7. The molecule has 4 N–H and O–H groups in total. The molecular formula is C16H26ClN5O3S. The summed E-state index contributed by atoms with van der Waals surface area (Å²) in [6.45, 7) is 6.17. The van der Waals surface area contributed by atoms with E-state index in [-0.39, 0.29) is 29.4 Å². The fraction of sp³-hybridized carbons (Fsp3) is 0.500. The zero-order chi connectivity index (χ0) is 19.8. The SMILES string of the molecule is CN=C(NCCNS(=O)(=O)c1cccc(Cl)c1)NCC(=O)NC(C)(C)C. The smallest absolute Gasteiger partial charge is 0.240 e. The van der Waals surface area contributed by atoms with Gasteiger partial charge in [0.1, 0.15) is 0 Å². The Morgan fingerprint density at radius 2 is 1.88 bits per heavy atom. The zero-order valence-corrected chi connectivity index (χ0v) is 17.0. The van der Waals surface area contributed by atoms with Crippen molar-refractivity contribution in [1.29, 1.82) is 0 Å². The Labute approximate surface area is 159 Å². The highest BCUT2D eigenvalue weighted by Gasteiger charge is 2.15. The summed E-state index contributed by atoms with van der Waals surface area (Å²) in [5.74, 6) is 0.234. The third-order valence-corrected chi connectivity index (χ3v) is 4.66. The number of carbonyl (C=O) groups excluding carboxylic acids is 1. The van der Waals surface area contributed by atoms with Crippen molar-refractivity contribution in [3.05, 3.63) is 29.3 Å². The van der Waals surface area contributed by atoms with Crippen LogP contribution in [0.1, 0.15) is 20.8 Å². The van der Waals surface area contributed by atoms with Gasteiger partial charge in [0.05, 0.1) is 11.4 Å². The normalized spacial score (nSPS) is 12.6. The molecule has 0 radical (unpaired) electrons. The maximum atomic E-state index is 12.2. The van der Waals surface area contributed by atoms with Crippen molar-refractivity contribution >= 4 is 33.5 Å². The van der Waals surface area contributed by atoms with Crippen molar-refractivity contribution in [1.82, 2.24) is 20.7 Å². The minimum Gasteiger partial charge on any atom is -0.355 e. The average Bonchev–Trinajstić information content (AvgIpc) is 2.52. The molecule has 8 nitrogen and oxygen atoms in total. The predicted octanol–water partition coefficient (Wildman–Crippen LogP) is 0.698. The second-order valence-corrected chi connectivity index (χ2v) is 8.71. The zero-order valence-electron chi connectivity index (χ0n) is 15.4. The molecule has 26 heavy (non-hydrogen) atoms. The van der Waals surface area contributed by atoms with E-state index >= 15 is 0 Å². The van der Waals surface area contributed by atoms with Gasteiger partial charge >= 0.3 is 0 Å². The molecule has 0 unspecified atom stereocenters. The lowest BCUT2D eigenvalue weighted by Crippen LogP contribution is -2.48. The van der Waals surface area contributed by atoms with Crippen LogP contribution in [0, 0.1) is 0 Å². The van der Waals surface area contributed by atoms with Crippen molar-refractivity contribution in [2.75, 3.05) is 26.7 Å². The van der Waals surface area contributed by atoms with E-state index in [4.69, 9.17) is 11.6 Å². The Morgan fingerprint density at radius 1 is 1.19 bits per heavy atom. The van der Waals surface area contributed by atoms with Crippen LogP contribution in [0.25, 0.3) is 0 Å². The molecule has 1 aromatic rings. The van der Waals surface area contributed by atoms with E-state index in [1.807, 2.05) is 20.8 Å². The third kappa shape index (κ3) is 8.50. The molecule has 0 heterocycles. The average molecular weight is 404 g/mol. The molecule has 1 aromatic carbocycles. The van der Waals surface area contributed by atoms with Gasteiger partial charge in [-0.25, -0.2) is 13.1 Å². The van der Waals surface area contributed by atoms with Gasteiger partial charge in [-0.2, -0.15) is 0 Å². The van der Waals surface area contributed by atoms with Crippen LogP contribution in [0.15, 0.2) is 34.2 Å². The van der Waals surface area contributed by atoms with Gasteiger partial charge in [0.15, 0.2) is 5.96 Å². The fourth-order valence-electron chi connectivity index (χ4n) is 1.93. The first-order valence-electron chi connectivity index (χ1n) is 8.04. The number of halogens is 1. The van der Waals surface area contributed by atoms with Crippen LogP contribution < -0.4 is 20.7 Å². The van der Waals surface area contributed by atoms with Crippen LogP contribution in [-0.4, -0.2) is 52.5 Å². The molecule has 0 saturated carbocycles. The van der Waals surface area contributed by atoms with E-state index < -0.39 is 10.0 Å². The molecule has 0 aliphatic rings.